The molecule has 0 amide bonds. The fourth-order valence-electron chi connectivity index (χ4n) is 0. The van der Waals surface area contributed by atoms with Crippen molar-refractivity contribution in [1.29, 1.82) is 0 Å². The summed E-state index contributed by atoms with van der Waals surface area (Å²) in [6.07, 6.45) is 0. The van der Waals surface area contributed by atoms with Gasteiger partial charge >= 0.3 is 37.7 Å². The van der Waals surface area contributed by atoms with E-state index in [1.807, 2.05) is 0 Å². The van der Waals surface area contributed by atoms with Gasteiger partial charge in [-0.05, 0) is 13.8 Å². The van der Waals surface area contributed by atoms with E-state index in [4.69, 9.17) is 19.8 Å². The molecule has 0 N–H and O–H groups in total. The molecule has 0 aromatic heterocycles. The van der Waals surface area contributed by atoms with Crippen molar-refractivity contribution in [3.05, 3.63) is 0 Å². The summed E-state index contributed by atoms with van der Waals surface area (Å²) in [6.45, 7) is 1.94. The average molecular weight is 132 g/mol. The third kappa shape index (κ3) is 22800. The molecule has 0 aliphatic rings. The summed E-state index contributed by atoms with van der Waals surface area (Å²) >= 11 is 0. The third-order valence-electron chi connectivity index (χ3n) is 0. The van der Waals surface area contributed by atoms with Crippen LogP contribution in [0.5, 0.6) is 0 Å². The van der Waals surface area contributed by atoms with Gasteiger partial charge in [0.15, 0.2) is 0 Å². The van der Waals surface area contributed by atoms with E-state index in [9.17, 15) is 0 Å². The zero-order chi connectivity index (χ0) is 7.15. The number of carboxylic acids is 2. The van der Waals surface area contributed by atoms with Crippen LogP contribution >= 0.6 is 0 Å². The van der Waals surface area contributed by atoms with Crippen LogP contribution in [0.3, 0.4) is 0 Å². The van der Waals surface area contributed by atoms with E-state index in [2.05, 4.69) is 0 Å². The minimum atomic E-state index is -1.08. The molecule has 0 heterocycles. The van der Waals surface area contributed by atoms with Crippen LogP contribution in [0.1, 0.15) is 13.8 Å². The van der Waals surface area contributed by atoms with Gasteiger partial charge in [0.25, 0.3) is 0 Å². The number of carbonyl (C=O) groups excluding carboxylic acids is 2. The zero-order valence-corrected chi connectivity index (χ0v) is 6.63. The SMILES string of the molecule is CC(=O)[O-].CC(=O)[O-].[Li+].[Li+]. The minimum Gasteiger partial charge on any atom is -0.550 e. The molecule has 0 spiro atoms. The standard InChI is InChI=1S/2C2H4O2.2Li/c2*1-2(3)4;;/h2*1H3,(H,3,4);;/q;;2*+1/p-2. The van der Waals surface area contributed by atoms with Gasteiger partial charge in [-0.1, -0.05) is 0 Å². The van der Waals surface area contributed by atoms with Gasteiger partial charge in [-0.3, -0.25) is 0 Å². The van der Waals surface area contributed by atoms with E-state index in [1.54, 1.807) is 0 Å². The molecule has 0 aliphatic carbocycles. The minimum absolute atomic E-state index is 0. The summed E-state index contributed by atoms with van der Waals surface area (Å²) in [5, 5.41) is 17.8. The number of hydrogen-bond acceptors (Lipinski definition) is 4. The molecule has 0 atom stereocenters. The molecule has 0 aliphatic heterocycles. The van der Waals surface area contributed by atoms with Crippen molar-refractivity contribution < 1.29 is 57.5 Å². The van der Waals surface area contributed by atoms with E-state index in [1.165, 1.54) is 0 Å². The summed E-state index contributed by atoms with van der Waals surface area (Å²) < 4.78 is 0. The largest absolute Gasteiger partial charge is 1.00 e. The van der Waals surface area contributed by atoms with Gasteiger partial charge in [-0.2, -0.15) is 0 Å². The predicted octanol–water partition coefficient (Wildman–Crippen LogP) is -8.48. The normalized spacial score (nSPS) is 5.00. The van der Waals surface area contributed by atoms with Crippen molar-refractivity contribution in [1.82, 2.24) is 0 Å². The topological polar surface area (TPSA) is 80.3 Å². The van der Waals surface area contributed by atoms with Gasteiger partial charge < -0.3 is 19.8 Å². The maximum atomic E-state index is 8.89. The number of hydrogen-bond donors (Lipinski definition) is 0. The summed E-state index contributed by atoms with van der Waals surface area (Å²) in [7, 11) is 0. The molecular formula is C4H6Li2O4. The predicted molar refractivity (Wildman–Crippen MR) is 21.4 cm³/mol. The Morgan fingerprint density at radius 3 is 0.900 bits per heavy atom. The molecular weight excluding hydrogens is 126 g/mol. The summed E-state index contributed by atoms with van der Waals surface area (Å²) in [5.74, 6) is -2.17. The van der Waals surface area contributed by atoms with Crippen LogP contribution in [0.25, 0.3) is 0 Å². The van der Waals surface area contributed by atoms with E-state index < -0.39 is 11.9 Å². The molecule has 48 valence electrons. The van der Waals surface area contributed by atoms with Gasteiger partial charge in [-0.25, -0.2) is 0 Å². The van der Waals surface area contributed by atoms with Gasteiger partial charge in [0.1, 0.15) is 0 Å². The molecule has 0 aromatic carbocycles. The number of rotatable bonds is 0. The smallest absolute Gasteiger partial charge is 0.550 e. The Labute approximate surface area is 83.3 Å². The Morgan fingerprint density at radius 1 is 0.900 bits per heavy atom. The Hall–Kier alpha value is 0.135. The Morgan fingerprint density at radius 2 is 0.900 bits per heavy atom. The van der Waals surface area contributed by atoms with E-state index in [0.717, 1.165) is 13.8 Å². The van der Waals surface area contributed by atoms with Gasteiger partial charge in [0, 0.05) is 11.9 Å². The molecule has 0 radical (unpaired) electrons. The number of carbonyl (C=O) groups is 2. The van der Waals surface area contributed by atoms with Crippen LogP contribution in [0.15, 0.2) is 0 Å². The van der Waals surface area contributed by atoms with Crippen molar-refractivity contribution in [2.45, 2.75) is 13.8 Å². The Kier molecular flexibility index (Phi) is 36.1. The molecule has 0 saturated carbocycles. The zero-order valence-electron chi connectivity index (χ0n) is 6.63. The van der Waals surface area contributed by atoms with E-state index >= 15 is 0 Å². The number of carboxylic acid groups (broad SMARTS) is 2. The second kappa shape index (κ2) is 16.1. The second-order valence-corrected chi connectivity index (χ2v) is 0.983. The average Bonchev–Trinajstić information content (AvgIpc) is 1.25. The van der Waals surface area contributed by atoms with Gasteiger partial charge in [-0.15, -0.1) is 0 Å². The molecule has 0 unspecified atom stereocenters. The first-order valence-corrected chi connectivity index (χ1v) is 1.82. The van der Waals surface area contributed by atoms with Crippen LogP contribution in [-0.2, 0) is 9.59 Å². The molecule has 4 nitrogen and oxygen atoms in total. The van der Waals surface area contributed by atoms with Crippen molar-refractivity contribution in [3.8, 4) is 0 Å². The molecule has 6 heteroatoms. The second-order valence-electron chi connectivity index (χ2n) is 0.983. The van der Waals surface area contributed by atoms with E-state index in [0.29, 0.717) is 0 Å². The van der Waals surface area contributed by atoms with Crippen LogP contribution in [0.2, 0.25) is 0 Å². The van der Waals surface area contributed by atoms with Crippen LogP contribution in [0, 0.1) is 0 Å². The van der Waals surface area contributed by atoms with Gasteiger partial charge in [0.05, 0.1) is 0 Å². The number of aliphatic carboxylic acids is 2. The van der Waals surface area contributed by atoms with Gasteiger partial charge in [0.2, 0.25) is 0 Å². The molecule has 0 bridgehead atoms. The molecule has 10 heavy (non-hydrogen) atoms. The van der Waals surface area contributed by atoms with Crippen LogP contribution in [0.4, 0.5) is 0 Å². The fourth-order valence-corrected chi connectivity index (χ4v) is 0. The summed E-state index contributed by atoms with van der Waals surface area (Å²) in [6, 6.07) is 0. The monoisotopic (exact) mass is 132 g/mol. The van der Waals surface area contributed by atoms with Crippen molar-refractivity contribution in [2.75, 3.05) is 0 Å². The van der Waals surface area contributed by atoms with Crippen LogP contribution in [-0.4, -0.2) is 11.9 Å². The van der Waals surface area contributed by atoms with E-state index in [-0.39, 0.29) is 37.7 Å². The first kappa shape index (κ1) is 22.5. The quantitative estimate of drug-likeness (QED) is 0.306. The molecule has 0 saturated heterocycles. The molecule has 0 fully saturated rings. The summed E-state index contributed by atoms with van der Waals surface area (Å²) in [5.41, 5.74) is 0. The molecule has 0 rings (SSSR count). The first-order valence-electron chi connectivity index (χ1n) is 1.82. The Balaban J connectivity index is -0.0000000300. The summed E-state index contributed by atoms with van der Waals surface area (Å²) in [4.78, 5) is 17.8. The van der Waals surface area contributed by atoms with Crippen molar-refractivity contribution in [2.24, 2.45) is 0 Å². The van der Waals surface area contributed by atoms with Crippen molar-refractivity contribution in [3.63, 3.8) is 0 Å². The first-order chi connectivity index (χ1) is 3.46. The third-order valence-corrected chi connectivity index (χ3v) is 0. The van der Waals surface area contributed by atoms with Crippen molar-refractivity contribution >= 4 is 11.9 Å². The van der Waals surface area contributed by atoms with Crippen LogP contribution < -0.4 is 47.9 Å². The fraction of sp³-hybridized carbons (Fsp3) is 0.500. The maximum absolute atomic E-state index is 8.89. The molecule has 0 aromatic rings. The maximum Gasteiger partial charge on any atom is 1.00 e. The Bertz CT molecular complexity index is 73.3.